The highest BCUT2D eigenvalue weighted by Gasteiger charge is 2.27. The molecule has 0 spiro atoms. The van der Waals surface area contributed by atoms with Gasteiger partial charge in [0.15, 0.2) is 0 Å². The lowest BCUT2D eigenvalue weighted by Crippen LogP contribution is -2.28. The summed E-state index contributed by atoms with van der Waals surface area (Å²) in [6.07, 6.45) is 40.5. The number of phosphoric ester groups is 1. The van der Waals surface area contributed by atoms with Crippen LogP contribution in [0.1, 0.15) is 155 Å². The van der Waals surface area contributed by atoms with Gasteiger partial charge in [-0.25, -0.2) is 4.57 Å². The summed E-state index contributed by atoms with van der Waals surface area (Å²) in [7, 11) is -4.65. The van der Waals surface area contributed by atoms with Crippen LogP contribution in [0.3, 0.4) is 0 Å². The molecule has 0 heterocycles. The first kappa shape index (κ1) is 50.7. The number of allylic oxidation sites excluding steroid dienone is 10. The van der Waals surface area contributed by atoms with Gasteiger partial charge in [-0.2, -0.15) is 0 Å². The molecule has 0 saturated heterocycles. The monoisotopic (exact) mass is 768 g/mol. The minimum Gasteiger partial charge on any atom is -0.457 e. The number of ether oxygens (including phenoxy) is 2. The van der Waals surface area contributed by atoms with Gasteiger partial charge in [-0.15, -0.1) is 0 Å². The molecule has 0 aliphatic rings. The predicted molar refractivity (Wildman–Crippen MR) is 214 cm³/mol. The van der Waals surface area contributed by atoms with Crippen molar-refractivity contribution in [2.45, 2.75) is 167 Å². The van der Waals surface area contributed by atoms with Crippen molar-refractivity contribution in [2.24, 2.45) is 0 Å². The Kier molecular flexibility index (Phi) is 36.3. The van der Waals surface area contributed by atoms with Gasteiger partial charge in [0.25, 0.3) is 0 Å². The Morgan fingerprint density at radius 1 is 0.528 bits per heavy atom. The zero-order valence-electron chi connectivity index (χ0n) is 33.0. The number of hydrogen-bond acceptors (Lipinski definition) is 9. The Hall–Kier alpha value is -2.33. The third kappa shape index (κ3) is 36.4. The average Bonchev–Trinajstić information content (AvgIpc) is 3.14. The fraction of sp³-hybridized carbons (Fsp3) is 0.714. The molecule has 0 bridgehead atoms. The van der Waals surface area contributed by atoms with Crippen molar-refractivity contribution in [3.8, 4) is 0 Å². The molecule has 0 radical (unpaired) electrons. The molecule has 0 aliphatic carbocycles. The van der Waals surface area contributed by atoms with Gasteiger partial charge in [-0.3, -0.25) is 18.6 Å². The summed E-state index contributed by atoms with van der Waals surface area (Å²) in [5.74, 6) is -1.07. The summed E-state index contributed by atoms with van der Waals surface area (Å²) in [6, 6.07) is 0. The smallest absolute Gasteiger partial charge is 0.457 e. The van der Waals surface area contributed by atoms with Crippen LogP contribution in [0.4, 0.5) is 0 Å². The fourth-order valence-electron chi connectivity index (χ4n) is 5.10. The van der Waals surface area contributed by atoms with Gasteiger partial charge in [0.05, 0.1) is 26.4 Å². The van der Waals surface area contributed by atoms with Gasteiger partial charge in [-0.05, 0) is 77.0 Å². The summed E-state index contributed by atoms with van der Waals surface area (Å²) >= 11 is 0. The quantitative estimate of drug-likeness (QED) is 0.0241. The second kappa shape index (κ2) is 38.0. The molecule has 306 valence electrons. The van der Waals surface area contributed by atoms with E-state index in [1.807, 2.05) is 0 Å². The summed E-state index contributed by atoms with van der Waals surface area (Å²) in [6.45, 7) is 2.01. The first-order valence-electron chi connectivity index (χ1n) is 20.2. The van der Waals surface area contributed by atoms with E-state index < -0.39 is 58.4 Å². The topological polar surface area (TPSA) is 149 Å². The van der Waals surface area contributed by atoms with Gasteiger partial charge in [0.1, 0.15) is 12.2 Å². The maximum absolute atomic E-state index is 12.3. The summed E-state index contributed by atoms with van der Waals surface area (Å²) in [5.41, 5.74) is 0. The van der Waals surface area contributed by atoms with Crippen LogP contribution in [0.5, 0.6) is 0 Å². The third-order valence-corrected chi connectivity index (χ3v) is 9.16. The average molecular weight is 769 g/mol. The van der Waals surface area contributed by atoms with Crippen molar-refractivity contribution in [3.63, 3.8) is 0 Å². The molecule has 0 saturated carbocycles. The Morgan fingerprint density at radius 3 is 1.34 bits per heavy atom. The molecular weight excluding hydrogens is 695 g/mol. The van der Waals surface area contributed by atoms with E-state index in [9.17, 15) is 29.3 Å². The second-order valence-electron chi connectivity index (χ2n) is 13.2. The van der Waals surface area contributed by atoms with Crippen LogP contribution in [0.15, 0.2) is 60.8 Å². The lowest BCUT2D eigenvalue weighted by atomic mass is 10.1. The Balaban J connectivity index is 4.04. The minimum absolute atomic E-state index is 0.137. The lowest BCUT2D eigenvalue weighted by molar-refractivity contribution is -0.153. The van der Waals surface area contributed by atoms with Gasteiger partial charge in [0.2, 0.25) is 0 Å². The van der Waals surface area contributed by atoms with Gasteiger partial charge in [-0.1, -0.05) is 126 Å². The van der Waals surface area contributed by atoms with E-state index in [-0.39, 0.29) is 12.8 Å². The van der Waals surface area contributed by atoms with Crippen molar-refractivity contribution < 1.29 is 47.8 Å². The fourth-order valence-corrected chi connectivity index (χ4v) is 5.88. The van der Waals surface area contributed by atoms with E-state index in [2.05, 4.69) is 74.6 Å². The molecule has 11 heteroatoms. The molecule has 0 aromatic rings. The van der Waals surface area contributed by atoms with Crippen LogP contribution in [-0.4, -0.2) is 65.7 Å². The molecule has 0 aromatic carbocycles. The van der Waals surface area contributed by atoms with E-state index in [1.54, 1.807) is 0 Å². The number of phosphoric acid groups is 1. The van der Waals surface area contributed by atoms with Gasteiger partial charge in [0, 0.05) is 12.8 Å². The largest absolute Gasteiger partial charge is 0.472 e. The van der Waals surface area contributed by atoms with Gasteiger partial charge < -0.3 is 24.6 Å². The lowest BCUT2D eigenvalue weighted by Gasteiger charge is -2.20. The van der Waals surface area contributed by atoms with Crippen LogP contribution in [0.2, 0.25) is 0 Å². The van der Waals surface area contributed by atoms with Crippen molar-refractivity contribution in [2.75, 3.05) is 26.4 Å². The molecule has 53 heavy (non-hydrogen) atoms. The van der Waals surface area contributed by atoms with E-state index in [0.717, 1.165) is 77.0 Å². The Morgan fingerprint density at radius 2 is 0.887 bits per heavy atom. The molecule has 0 rings (SSSR count). The first-order chi connectivity index (χ1) is 25.8. The molecular formula is C42H73O10P. The minimum atomic E-state index is -4.65. The Bertz CT molecular complexity index is 1070. The van der Waals surface area contributed by atoms with Crippen molar-refractivity contribution >= 4 is 19.8 Å². The SMILES string of the molecule is CC/C=C\C/C=C\C/C=C\C/C=C\CCCCC(=O)OC(CO)COP(=O)(O)OCC(CO)OC(=O)CCCCCCC/C=C\CCCCCCCC. The van der Waals surface area contributed by atoms with E-state index in [4.69, 9.17) is 18.5 Å². The molecule has 0 aromatic heterocycles. The van der Waals surface area contributed by atoms with Crippen LogP contribution in [0, 0.1) is 0 Å². The number of rotatable bonds is 37. The highest BCUT2D eigenvalue weighted by Crippen LogP contribution is 2.43. The highest BCUT2D eigenvalue weighted by atomic mass is 31.2. The molecule has 10 nitrogen and oxygen atoms in total. The number of carbonyl (C=O) groups is 2. The van der Waals surface area contributed by atoms with Crippen molar-refractivity contribution in [1.82, 2.24) is 0 Å². The van der Waals surface area contributed by atoms with Gasteiger partial charge >= 0.3 is 19.8 Å². The summed E-state index contributed by atoms with van der Waals surface area (Å²) in [4.78, 5) is 34.4. The molecule has 3 N–H and O–H groups in total. The van der Waals surface area contributed by atoms with E-state index >= 15 is 0 Å². The number of carbonyl (C=O) groups excluding carboxylic acids is 2. The highest BCUT2D eigenvalue weighted by molar-refractivity contribution is 7.47. The predicted octanol–water partition coefficient (Wildman–Crippen LogP) is 10.3. The number of aliphatic hydroxyl groups is 2. The third-order valence-electron chi connectivity index (χ3n) is 8.21. The molecule has 0 amide bonds. The number of unbranched alkanes of at least 4 members (excludes halogenated alkanes) is 13. The normalized spacial score (nSPS) is 14.6. The van der Waals surface area contributed by atoms with Crippen LogP contribution < -0.4 is 0 Å². The zero-order chi connectivity index (χ0) is 39.1. The van der Waals surface area contributed by atoms with E-state index in [1.165, 1.54) is 38.5 Å². The van der Waals surface area contributed by atoms with Crippen LogP contribution >= 0.6 is 7.82 Å². The summed E-state index contributed by atoms with van der Waals surface area (Å²) < 4.78 is 32.4. The van der Waals surface area contributed by atoms with Crippen LogP contribution in [-0.2, 0) is 32.7 Å². The second-order valence-corrected chi connectivity index (χ2v) is 14.7. The number of hydrogen-bond donors (Lipinski definition) is 3. The summed E-state index contributed by atoms with van der Waals surface area (Å²) in [5, 5.41) is 19.1. The van der Waals surface area contributed by atoms with Crippen molar-refractivity contribution in [1.29, 1.82) is 0 Å². The van der Waals surface area contributed by atoms with E-state index in [0.29, 0.717) is 12.8 Å². The Labute approximate surface area is 321 Å². The zero-order valence-corrected chi connectivity index (χ0v) is 33.9. The standard InChI is InChI=1S/C42H73O10P/c1-3-5-7-9-11-13-15-17-19-21-23-25-27-29-31-33-41(45)51-39(35-43)37-49-53(47,48)50-38-40(36-44)52-42(46)34-32-30-28-26-24-22-20-18-16-14-12-10-8-6-4-2/h5,7,11,13,17-20,23,25,39-40,43-44H,3-4,6,8-10,12,14-16,21-22,24,26-38H2,1-2H3,(H,47,48)/b7-5-,13-11-,19-17-,20-18-,25-23-. The first-order valence-corrected chi connectivity index (χ1v) is 21.7. The number of aliphatic hydroxyl groups excluding tert-OH is 2. The molecule has 0 aliphatic heterocycles. The van der Waals surface area contributed by atoms with Crippen LogP contribution in [0.25, 0.3) is 0 Å². The maximum Gasteiger partial charge on any atom is 0.472 e. The molecule has 0 fully saturated rings. The molecule has 3 unspecified atom stereocenters. The van der Waals surface area contributed by atoms with Crippen molar-refractivity contribution in [3.05, 3.63) is 60.8 Å². The maximum atomic E-state index is 12.3. The molecule has 3 atom stereocenters. The number of esters is 2.